The third kappa shape index (κ3) is 3.23. The molecule has 0 bridgehead atoms. The summed E-state index contributed by atoms with van der Waals surface area (Å²) in [5, 5.41) is 3.70. The molecular weight excluding hydrogens is 246 g/mol. The van der Waals surface area contributed by atoms with Gasteiger partial charge in [-0.25, -0.2) is 9.97 Å². The topological polar surface area (TPSA) is 37.8 Å². The Morgan fingerprint density at radius 3 is 2.70 bits per heavy atom. The summed E-state index contributed by atoms with van der Waals surface area (Å²) in [7, 11) is 0. The smallest absolute Gasteiger partial charge is 0.115 e. The molecule has 0 spiro atoms. The van der Waals surface area contributed by atoms with Crippen molar-refractivity contribution >= 4 is 0 Å². The predicted molar refractivity (Wildman–Crippen MR) is 80.3 cm³/mol. The van der Waals surface area contributed by atoms with Gasteiger partial charge in [0, 0.05) is 18.8 Å². The van der Waals surface area contributed by atoms with Gasteiger partial charge in [0.25, 0.3) is 0 Å². The van der Waals surface area contributed by atoms with Crippen LogP contribution in [-0.4, -0.2) is 16.0 Å². The lowest BCUT2D eigenvalue weighted by Gasteiger charge is -2.32. The van der Waals surface area contributed by atoms with Gasteiger partial charge in [-0.15, -0.1) is 0 Å². The van der Waals surface area contributed by atoms with Crippen molar-refractivity contribution in [2.45, 2.75) is 44.2 Å². The van der Waals surface area contributed by atoms with Crippen molar-refractivity contribution in [1.29, 1.82) is 0 Å². The minimum atomic E-state index is 0.557. The van der Waals surface area contributed by atoms with E-state index in [1.165, 1.54) is 31.2 Å². The van der Waals surface area contributed by atoms with E-state index in [1.54, 1.807) is 12.5 Å². The van der Waals surface area contributed by atoms with Crippen LogP contribution in [0.5, 0.6) is 0 Å². The van der Waals surface area contributed by atoms with Crippen LogP contribution in [0.1, 0.15) is 42.9 Å². The van der Waals surface area contributed by atoms with E-state index in [0.717, 1.165) is 12.2 Å². The molecule has 3 rings (SSSR count). The van der Waals surface area contributed by atoms with Crippen molar-refractivity contribution in [2.24, 2.45) is 0 Å². The summed E-state index contributed by atoms with van der Waals surface area (Å²) in [6, 6.07) is 13.4. The zero-order valence-corrected chi connectivity index (χ0v) is 11.7. The Kier molecular flexibility index (Phi) is 4.38. The summed E-state index contributed by atoms with van der Waals surface area (Å²) in [5.41, 5.74) is 2.53. The molecule has 1 aliphatic carbocycles. The van der Waals surface area contributed by atoms with Gasteiger partial charge in [0.15, 0.2) is 0 Å². The number of benzene rings is 1. The molecule has 1 aromatic heterocycles. The molecule has 1 heterocycles. The van der Waals surface area contributed by atoms with Gasteiger partial charge in [0.1, 0.15) is 6.33 Å². The maximum Gasteiger partial charge on any atom is 0.115 e. The molecule has 2 unspecified atom stereocenters. The Balaban J connectivity index is 1.67. The zero-order valence-electron chi connectivity index (χ0n) is 11.7. The highest BCUT2D eigenvalue weighted by atomic mass is 14.9. The van der Waals surface area contributed by atoms with Crippen molar-refractivity contribution in [3.05, 3.63) is 60.2 Å². The van der Waals surface area contributed by atoms with Gasteiger partial charge in [0.05, 0.1) is 5.69 Å². The Labute approximate surface area is 120 Å². The van der Waals surface area contributed by atoms with Gasteiger partial charge in [0.2, 0.25) is 0 Å². The lowest BCUT2D eigenvalue weighted by atomic mass is 9.80. The highest BCUT2D eigenvalue weighted by Crippen LogP contribution is 2.33. The van der Waals surface area contributed by atoms with E-state index in [9.17, 15) is 0 Å². The number of hydrogen-bond acceptors (Lipinski definition) is 3. The molecule has 2 atom stereocenters. The molecule has 0 saturated heterocycles. The molecule has 1 aromatic carbocycles. The molecule has 0 aliphatic heterocycles. The van der Waals surface area contributed by atoms with E-state index < -0.39 is 0 Å². The van der Waals surface area contributed by atoms with Crippen LogP contribution in [-0.2, 0) is 6.54 Å². The van der Waals surface area contributed by atoms with Gasteiger partial charge >= 0.3 is 0 Å². The maximum absolute atomic E-state index is 4.29. The average Bonchev–Trinajstić information content (AvgIpc) is 2.55. The second-order valence-corrected chi connectivity index (χ2v) is 5.49. The predicted octanol–water partition coefficient (Wildman–Crippen LogP) is 3.29. The van der Waals surface area contributed by atoms with Crippen LogP contribution in [0.3, 0.4) is 0 Å². The van der Waals surface area contributed by atoms with Crippen LogP contribution in [0.15, 0.2) is 48.9 Å². The molecule has 0 radical (unpaired) electrons. The van der Waals surface area contributed by atoms with Crippen LogP contribution >= 0.6 is 0 Å². The molecular formula is C17H21N3. The van der Waals surface area contributed by atoms with Gasteiger partial charge in [-0.1, -0.05) is 43.2 Å². The van der Waals surface area contributed by atoms with Crippen molar-refractivity contribution < 1.29 is 0 Å². The number of aromatic nitrogens is 2. The number of nitrogens with zero attached hydrogens (tertiary/aromatic N) is 2. The van der Waals surface area contributed by atoms with Gasteiger partial charge in [-0.3, -0.25) is 0 Å². The van der Waals surface area contributed by atoms with Crippen LogP contribution in [0, 0.1) is 0 Å². The Bertz CT molecular complexity index is 512. The monoisotopic (exact) mass is 267 g/mol. The zero-order chi connectivity index (χ0) is 13.6. The molecule has 20 heavy (non-hydrogen) atoms. The number of rotatable bonds is 4. The van der Waals surface area contributed by atoms with Gasteiger partial charge < -0.3 is 5.32 Å². The number of nitrogens with one attached hydrogen (secondary N) is 1. The van der Waals surface area contributed by atoms with Crippen LogP contribution in [0.25, 0.3) is 0 Å². The second-order valence-electron chi connectivity index (χ2n) is 5.49. The second kappa shape index (κ2) is 6.62. The van der Waals surface area contributed by atoms with Gasteiger partial charge in [-0.05, 0) is 30.4 Å². The molecule has 2 aromatic rings. The van der Waals surface area contributed by atoms with E-state index in [0.29, 0.717) is 12.0 Å². The van der Waals surface area contributed by atoms with Crippen LogP contribution in [0.4, 0.5) is 0 Å². The third-order valence-corrected chi connectivity index (χ3v) is 4.18. The molecule has 1 N–H and O–H groups in total. The Morgan fingerprint density at radius 2 is 1.90 bits per heavy atom. The quantitative estimate of drug-likeness (QED) is 0.923. The summed E-state index contributed by atoms with van der Waals surface area (Å²) >= 11 is 0. The van der Waals surface area contributed by atoms with Crippen molar-refractivity contribution in [3.63, 3.8) is 0 Å². The molecule has 1 fully saturated rings. The summed E-state index contributed by atoms with van der Waals surface area (Å²) in [6.07, 6.45) is 8.62. The Hall–Kier alpha value is -1.74. The highest BCUT2D eigenvalue weighted by Gasteiger charge is 2.25. The first-order valence-corrected chi connectivity index (χ1v) is 7.47. The fraction of sp³-hybridized carbons (Fsp3) is 0.412. The van der Waals surface area contributed by atoms with Crippen molar-refractivity contribution in [1.82, 2.24) is 15.3 Å². The fourth-order valence-electron chi connectivity index (χ4n) is 3.13. The van der Waals surface area contributed by atoms with Crippen molar-refractivity contribution in [2.75, 3.05) is 0 Å². The average molecular weight is 267 g/mol. The molecule has 3 nitrogen and oxygen atoms in total. The first-order chi connectivity index (χ1) is 9.93. The molecule has 104 valence electrons. The molecule has 1 aliphatic rings. The summed E-state index contributed by atoms with van der Waals surface area (Å²) in [4.78, 5) is 8.25. The van der Waals surface area contributed by atoms with E-state index in [-0.39, 0.29) is 0 Å². The van der Waals surface area contributed by atoms with E-state index in [2.05, 4.69) is 45.6 Å². The summed E-state index contributed by atoms with van der Waals surface area (Å²) in [6.45, 7) is 0.830. The summed E-state index contributed by atoms with van der Waals surface area (Å²) in [5.74, 6) is 0.631. The summed E-state index contributed by atoms with van der Waals surface area (Å²) < 4.78 is 0. The molecule has 0 amide bonds. The van der Waals surface area contributed by atoms with E-state index in [4.69, 9.17) is 0 Å². The standard InChI is InChI=1S/C17H21N3/c1-2-6-14(7-3-1)16-8-4-5-9-17(16)19-12-15-10-11-18-13-20-15/h1-3,6-7,10-11,13,16-17,19H,4-5,8-9,12H2. The van der Waals surface area contributed by atoms with E-state index >= 15 is 0 Å². The minimum absolute atomic E-state index is 0.557. The van der Waals surface area contributed by atoms with Crippen LogP contribution in [0.2, 0.25) is 0 Å². The lowest BCUT2D eigenvalue weighted by molar-refractivity contribution is 0.325. The highest BCUT2D eigenvalue weighted by molar-refractivity contribution is 5.22. The third-order valence-electron chi connectivity index (χ3n) is 4.18. The largest absolute Gasteiger partial charge is 0.308 e. The normalized spacial score (nSPS) is 22.6. The molecule has 3 heteroatoms. The SMILES string of the molecule is c1ccc(C2CCCCC2NCc2ccncn2)cc1. The number of hydrogen-bond donors (Lipinski definition) is 1. The molecule has 1 saturated carbocycles. The lowest BCUT2D eigenvalue weighted by Crippen LogP contribution is -2.37. The first-order valence-electron chi connectivity index (χ1n) is 7.47. The van der Waals surface area contributed by atoms with Crippen molar-refractivity contribution in [3.8, 4) is 0 Å². The first kappa shape index (κ1) is 13.3. The fourth-order valence-corrected chi connectivity index (χ4v) is 3.13. The minimum Gasteiger partial charge on any atom is -0.308 e. The Morgan fingerprint density at radius 1 is 1.05 bits per heavy atom. The maximum atomic E-state index is 4.29. The van der Waals surface area contributed by atoms with Gasteiger partial charge in [-0.2, -0.15) is 0 Å². The van der Waals surface area contributed by atoms with Crippen LogP contribution < -0.4 is 5.32 Å². The van der Waals surface area contributed by atoms with E-state index in [1.807, 2.05) is 6.07 Å².